The molecule has 0 aromatic rings. The molecule has 0 spiro atoms. The van der Waals surface area contributed by atoms with Gasteiger partial charge in [0, 0.05) is 12.5 Å². The molecular weight excluding hydrogens is 309 g/mol. The van der Waals surface area contributed by atoms with Crippen molar-refractivity contribution >= 4 is 14.8 Å². The second-order valence-electron chi connectivity index (χ2n) is 5.83. The van der Waals surface area contributed by atoms with E-state index in [0.29, 0.717) is 12.0 Å². The van der Waals surface area contributed by atoms with Crippen molar-refractivity contribution in [2.45, 2.75) is 45.3 Å². The van der Waals surface area contributed by atoms with Crippen LogP contribution in [-0.4, -0.2) is 48.5 Å². The van der Waals surface area contributed by atoms with Crippen LogP contribution in [0, 0.1) is 5.92 Å². The molecule has 1 aliphatic heterocycles. The lowest BCUT2D eigenvalue weighted by Gasteiger charge is -2.28. The molecular formula is C14H24NO6P. The normalized spacial score (nSPS) is 26.3. The van der Waals surface area contributed by atoms with Crippen LogP contribution in [0.3, 0.4) is 0 Å². The molecule has 8 heteroatoms. The fourth-order valence-electron chi connectivity index (χ4n) is 2.78. The standard InChI is InChI=1S/C14H24NO6P/c1-10(2)20-14(16)18-9-19-22(17)21-12-5-4-11-6-7-15(3)13(11)8-12/h8,10-11,13,17H,4-7,9H2,1-3H3. The number of carbonyl (C=O) groups excluding carboxylic acids is 1. The number of allylic oxidation sites excluding steroid dienone is 1. The Kier molecular flexibility index (Phi) is 6.44. The summed E-state index contributed by atoms with van der Waals surface area (Å²) in [6.07, 6.45) is 4.04. The first-order valence-electron chi connectivity index (χ1n) is 7.50. The summed E-state index contributed by atoms with van der Waals surface area (Å²) in [4.78, 5) is 23.2. The molecule has 0 amide bonds. The van der Waals surface area contributed by atoms with Gasteiger partial charge >= 0.3 is 14.8 Å². The zero-order valence-electron chi connectivity index (χ0n) is 13.2. The van der Waals surface area contributed by atoms with E-state index in [4.69, 9.17) is 13.8 Å². The quantitative estimate of drug-likeness (QED) is 0.455. The van der Waals surface area contributed by atoms with Crippen LogP contribution >= 0.6 is 8.60 Å². The van der Waals surface area contributed by atoms with Crippen LogP contribution in [0.15, 0.2) is 11.8 Å². The zero-order valence-corrected chi connectivity index (χ0v) is 14.1. The topological polar surface area (TPSA) is 77.5 Å². The minimum atomic E-state index is -2.11. The van der Waals surface area contributed by atoms with Gasteiger partial charge in [-0.3, -0.25) is 9.42 Å². The van der Waals surface area contributed by atoms with Gasteiger partial charge in [0.1, 0.15) is 5.76 Å². The van der Waals surface area contributed by atoms with Crippen LogP contribution in [0.1, 0.15) is 33.1 Å². The molecule has 0 radical (unpaired) electrons. The summed E-state index contributed by atoms with van der Waals surface area (Å²) in [5, 5.41) is 0. The van der Waals surface area contributed by atoms with E-state index in [1.807, 2.05) is 0 Å². The predicted molar refractivity (Wildman–Crippen MR) is 80.7 cm³/mol. The highest BCUT2D eigenvalue weighted by Gasteiger charge is 2.34. The Bertz CT molecular complexity index is 416. The molecule has 7 nitrogen and oxygen atoms in total. The van der Waals surface area contributed by atoms with E-state index in [2.05, 4.69) is 22.8 Å². The molecule has 1 N–H and O–H groups in total. The number of fused-ring (bicyclic) bond motifs is 1. The van der Waals surface area contributed by atoms with Crippen molar-refractivity contribution in [2.75, 3.05) is 20.4 Å². The third-order valence-electron chi connectivity index (χ3n) is 3.83. The van der Waals surface area contributed by atoms with Gasteiger partial charge in [-0.1, -0.05) is 0 Å². The fourth-order valence-corrected chi connectivity index (χ4v) is 3.33. The molecule has 3 unspecified atom stereocenters. The Hall–Kier alpha value is -0.880. The summed E-state index contributed by atoms with van der Waals surface area (Å²) in [5.74, 6) is 1.42. The Morgan fingerprint density at radius 2 is 2.27 bits per heavy atom. The first-order valence-corrected chi connectivity index (χ1v) is 8.63. The third kappa shape index (κ3) is 5.09. The molecule has 0 aromatic carbocycles. The van der Waals surface area contributed by atoms with Crippen LogP contribution in [0.2, 0.25) is 0 Å². The van der Waals surface area contributed by atoms with Crippen molar-refractivity contribution in [3.05, 3.63) is 11.8 Å². The highest BCUT2D eigenvalue weighted by Crippen LogP contribution is 2.41. The van der Waals surface area contributed by atoms with Crippen LogP contribution in [0.4, 0.5) is 4.79 Å². The molecule has 126 valence electrons. The number of carbonyl (C=O) groups is 1. The van der Waals surface area contributed by atoms with E-state index in [1.165, 1.54) is 6.42 Å². The van der Waals surface area contributed by atoms with Crippen molar-refractivity contribution < 1.29 is 28.2 Å². The predicted octanol–water partition coefficient (Wildman–Crippen LogP) is 2.76. The summed E-state index contributed by atoms with van der Waals surface area (Å²) in [7, 11) is -0.0124. The Labute approximate surface area is 132 Å². The summed E-state index contributed by atoms with van der Waals surface area (Å²) in [6, 6.07) is 0.379. The van der Waals surface area contributed by atoms with E-state index < -0.39 is 21.6 Å². The number of hydrogen-bond acceptors (Lipinski definition) is 7. The Morgan fingerprint density at radius 3 is 3.00 bits per heavy atom. The van der Waals surface area contributed by atoms with Crippen molar-refractivity contribution in [3.8, 4) is 0 Å². The minimum absolute atomic E-state index is 0.261. The Balaban J connectivity index is 1.70. The van der Waals surface area contributed by atoms with Gasteiger partial charge in [-0.05, 0) is 52.3 Å². The third-order valence-corrected chi connectivity index (χ3v) is 4.55. The fraction of sp³-hybridized carbons (Fsp3) is 0.786. The monoisotopic (exact) mass is 333 g/mol. The first-order chi connectivity index (χ1) is 10.5. The van der Waals surface area contributed by atoms with Crippen LogP contribution < -0.4 is 0 Å². The molecule has 0 bridgehead atoms. The van der Waals surface area contributed by atoms with Gasteiger partial charge in [0.2, 0.25) is 6.79 Å². The van der Waals surface area contributed by atoms with Crippen molar-refractivity contribution in [1.29, 1.82) is 0 Å². The van der Waals surface area contributed by atoms with Gasteiger partial charge < -0.3 is 18.9 Å². The lowest BCUT2D eigenvalue weighted by atomic mass is 9.89. The number of rotatable bonds is 6. The average Bonchev–Trinajstić information content (AvgIpc) is 2.79. The maximum atomic E-state index is 11.1. The lowest BCUT2D eigenvalue weighted by Crippen LogP contribution is -2.30. The van der Waals surface area contributed by atoms with Crippen molar-refractivity contribution in [3.63, 3.8) is 0 Å². The first kappa shape index (κ1) is 17.5. The lowest BCUT2D eigenvalue weighted by molar-refractivity contribution is -0.0121. The van der Waals surface area contributed by atoms with Crippen LogP contribution in [-0.2, 0) is 18.5 Å². The Morgan fingerprint density at radius 1 is 1.50 bits per heavy atom. The zero-order chi connectivity index (χ0) is 16.1. The maximum absolute atomic E-state index is 11.1. The molecule has 1 saturated heterocycles. The highest BCUT2D eigenvalue weighted by atomic mass is 31.2. The molecule has 3 atom stereocenters. The molecule has 0 aromatic heterocycles. The summed E-state index contributed by atoms with van der Waals surface area (Å²) in [6.45, 7) is 4.13. The van der Waals surface area contributed by atoms with E-state index >= 15 is 0 Å². The largest absolute Gasteiger partial charge is 0.510 e. The van der Waals surface area contributed by atoms with E-state index in [0.717, 1.165) is 25.1 Å². The summed E-state index contributed by atoms with van der Waals surface area (Å²) in [5.41, 5.74) is 0. The number of hydrogen-bond donors (Lipinski definition) is 1. The van der Waals surface area contributed by atoms with Gasteiger partial charge in [-0.25, -0.2) is 4.79 Å². The summed E-state index contributed by atoms with van der Waals surface area (Å²) >= 11 is 0. The average molecular weight is 333 g/mol. The minimum Gasteiger partial charge on any atom is -0.432 e. The van der Waals surface area contributed by atoms with Gasteiger partial charge in [0.25, 0.3) is 0 Å². The van der Waals surface area contributed by atoms with Gasteiger partial charge in [-0.15, -0.1) is 0 Å². The second kappa shape index (κ2) is 8.11. The molecule has 1 heterocycles. The highest BCUT2D eigenvalue weighted by molar-refractivity contribution is 7.40. The smallest absolute Gasteiger partial charge is 0.432 e. The number of ether oxygens (including phenoxy) is 2. The van der Waals surface area contributed by atoms with E-state index in [-0.39, 0.29) is 6.10 Å². The summed E-state index contributed by atoms with van der Waals surface area (Å²) < 4.78 is 19.8. The van der Waals surface area contributed by atoms with Crippen molar-refractivity contribution in [2.24, 2.45) is 5.92 Å². The second-order valence-corrected chi connectivity index (χ2v) is 6.75. The molecule has 2 aliphatic rings. The van der Waals surface area contributed by atoms with E-state index in [9.17, 15) is 9.69 Å². The van der Waals surface area contributed by atoms with Gasteiger partial charge in [-0.2, -0.15) is 0 Å². The maximum Gasteiger partial charge on any atom is 0.510 e. The molecule has 1 aliphatic carbocycles. The number of nitrogens with zero attached hydrogens (tertiary/aromatic N) is 1. The number of likely N-dealkylation sites (N-methyl/N-ethyl adjacent to an activating group) is 1. The SMILES string of the molecule is CC(C)OC(=O)OCOP(O)OC1=CC2C(CC1)CCN2C. The molecule has 2 rings (SSSR count). The van der Waals surface area contributed by atoms with Gasteiger partial charge in [0.15, 0.2) is 0 Å². The van der Waals surface area contributed by atoms with Crippen molar-refractivity contribution in [1.82, 2.24) is 4.90 Å². The molecule has 22 heavy (non-hydrogen) atoms. The number of likely N-dealkylation sites (tertiary alicyclic amines) is 1. The van der Waals surface area contributed by atoms with E-state index in [1.54, 1.807) is 13.8 Å². The van der Waals surface area contributed by atoms with Crippen LogP contribution in [0.25, 0.3) is 0 Å². The molecule has 1 fully saturated rings. The van der Waals surface area contributed by atoms with Crippen LogP contribution in [0.5, 0.6) is 0 Å². The molecule has 0 saturated carbocycles. The van der Waals surface area contributed by atoms with Gasteiger partial charge in [0.05, 0.1) is 6.10 Å².